The highest BCUT2D eigenvalue weighted by molar-refractivity contribution is 9.10. The van der Waals surface area contributed by atoms with E-state index in [0.717, 1.165) is 44.2 Å². The summed E-state index contributed by atoms with van der Waals surface area (Å²) in [6, 6.07) is 89.2. The van der Waals surface area contributed by atoms with E-state index in [9.17, 15) is 0 Å². The number of nitrogens with zero attached hydrogens (tertiary/aromatic N) is 2. The van der Waals surface area contributed by atoms with Gasteiger partial charge in [0.1, 0.15) is 5.75 Å². The fourth-order valence-corrected chi connectivity index (χ4v) is 10.1. The molecule has 69 heavy (non-hydrogen) atoms. The molecule has 4 nitrogen and oxygen atoms in total. The van der Waals surface area contributed by atoms with Gasteiger partial charge in [0.05, 0.1) is 23.8 Å². The van der Waals surface area contributed by atoms with Crippen LogP contribution < -0.4 is 15.0 Å². The molecule has 5 heteroatoms. The van der Waals surface area contributed by atoms with Gasteiger partial charge in [-0.05, 0) is 130 Å². The SMILES string of the molecule is C.COc1cc(Br)c2c3ccccc3n(-c3ccccc3)c2c1.Cc1cc2c(c(N(c3ccccc3)c3ccccc3)c1)-c1ccccc1C2c1ccccc1.c1ccc(Nc2ccccc2)cc1. The van der Waals surface area contributed by atoms with Gasteiger partial charge in [0.15, 0.2) is 0 Å². The number of aryl methyl sites for hydroxylation is 1. The van der Waals surface area contributed by atoms with Gasteiger partial charge in [0, 0.05) is 61.2 Å². The van der Waals surface area contributed by atoms with Crippen molar-refractivity contribution in [3.05, 3.63) is 282 Å². The second kappa shape index (κ2) is 21.2. The third-order valence-corrected chi connectivity index (χ3v) is 13.0. The van der Waals surface area contributed by atoms with Gasteiger partial charge in [-0.1, -0.05) is 177 Å². The van der Waals surface area contributed by atoms with E-state index in [1.165, 1.54) is 55.4 Å². The molecule has 1 heterocycles. The number of fused-ring (bicyclic) bond motifs is 6. The molecule has 338 valence electrons. The molecule has 0 saturated heterocycles. The van der Waals surface area contributed by atoms with Crippen LogP contribution in [0.1, 0.15) is 35.6 Å². The summed E-state index contributed by atoms with van der Waals surface area (Å²) >= 11 is 3.70. The number of hydrogen-bond donors (Lipinski definition) is 1. The molecule has 1 N–H and O–H groups in total. The molecule has 11 aromatic rings. The third kappa shape index (κ3) is 9.69. The molecule has 0 bridgehead atoms. The van der Waals surface area contributed by atoms with E-state index in [-0.39, 0.29) is 13.3 Å². The molecule has 0 saturated carbocycles. The van der Waals surface area contributed by atoms with E-state index in [1.807, 2.05) is 72.8 Å². The van der Waals surface area contributed by atoms with Gasteiger partial charge in [0.25, 0.3) is 0 Å². The third-order valence-electron chi connectivity index (χ3n) is 12.3. The minimum absolute atomic E-state index is 0. The van der Waals surface area contributed by atoms with Crippen LogP contribution in [-0.4, -0.2) is 11.7 Å². The molecular weight excluding hydrogens is 907 g/mol. The molecular formula is C64H54BrN3O. The van der Waals surface area contributed by atoms with Crippen LogP contribution >= 0.6 is 15.9 Å². The first-order valence-electron chi connectivity index (χ1n) is 22.9. The number of aromatic nitrogens is 1. The van der Waals surface area contributed by atoms with Gasteiger partial charge >= 0.3 is 0 Å². The van der Waals surface area contributed by atoms with Gasteiger partial charge < -0.3 is 19.5 Å². The average molecular weight is 961 g/mol. The summed E-state index contributed by atoms with van der Waals surface area (Å²) < 4.78 is 8.77. The largest absolute Gasteiger partial charge is 0.497 e. The van der Waals surface area contributed by atoms with Crippen molar-refractivity contribution in [2.75, 3.05) is 17.3 Å². The highest BCUT2D eigenvalue weighted by atomic mass is 79.9. The van der Waals surface area contributed by atoms with Crippen molar-refractivity contribution in [3.8, 4) is 22.6 Å². The number of anilines is 5. The zero-order chi connectivity index (χ0) is 46.2. The Hall–Kier alpha value is -8.12. The molecule has 1 aliphatic carbocycles. The minimum Gasteiger partial charge on any atom is -0.497 e. The van der Waals surface area contributed by atoms with Crippen molar-refractivity contribution in [3.63, 3.8) is 0 Å². The smallest absolute Gasteiger partial charge is 0.122 e. The molecule has 10 aromatic carbocycles. The fraction of sp³-hybridized carbons (Fsp3) is 0.0625. The van der Waals surface area contributed by atoms with E-state index >= 15 is 0 Å². The van der Waals surface area contributed by atoms with Crippen LogP contribution in [0.3, 0.4) is 0 Å². The molecule has 0 amide bonds. The molecule has 0 spiro atoms. The molecule has 1 unspecified atom stereocenters. The summed E-state index contributed by atoms with van der Waals surface area (Å²) in [6.07, 6.45) is 0. The Balaban J connectivity index is 0.000000141. The number of ether oxygens (including phenoxy) is 1. The number of rotatable bonds is 8. The van der Waals surface area contributed by atoms with Gasteiger partial charge in [-0.15, -0.1) is 0 Å². The summed E-state index contributed by atoms with van der Waals surface area (Å²) in [5.41, 5.74) is 17.3. The Labute approximate surface area is 414 Å². The second-order valence-electron chi connectivity index (χ2n) is 16.7. The quantitative estimate of drug-likeness (QED) is 0.165. The predicted octanol–water partition coefficient (Wildman–Crippen LogP) is 18.2. The zero-order valence-corrected chi connectivity index (χ0v) is 39.6. The Bertz CT molecular complexity index is 3340. The summed E-state index contributed by atoms with van der Waals surface area (Å²) in [6.45, 7) is 2.21. The summed E-state index contributed by atoms with van der Waals surface area (Å²) in [5, 5.41) is 5.74. The van der Waals surface area contributed by atoms with Crippen molar-refractivity contribution in [1.82, 2.24) is 4.57 Å². The topological polar surface area (TPSA) is 29.4 Å². The number of para-hydroxylation sites is 6. The Morgan fingerprint density at radius 2 is 1.01 bits per heavy atom. The van der Waals surface area contributed by atoms with Crippen LogP contribution in [0.15, 0.2) is 259 Å². The average Bonchev–Trinajstić information content (AvgIpc) is 3.91. The summed E-state index contributed by atoms with van der Waals surface area (Å²) in [7, 11) is 1.70. The van der Waals surface area contributed by atoms with Gasteiger partial charge in [-0.25, -0.2) is 0 Å². The van der Waals surface area contributed by atoms with Crippen LogP contribution in [0.25, 0.3) is 38.6 Å². The van der Waals surface area contributed by atoms with Crippen molar-refractivity contribution < 1.29 is 4.74 Å². The summed E-state index contributed by atoms with van der Waals surface area (Å²) in [5.74, 6) is 1.09. The number of methoxy groups -OCH3 is 1. The number of benzene rings is 10. The monoisotopic (exact) mass is 959 g/mol. The maximum absolute atomic E-state index is 5.45. The molecule has 1 aliphatic rings. The minimum atomic E-state index is 0. The van der Waals surface area contributed by atoms with Crippen molar-refractivity contribution in [2.45, 2.75) is 20.3 Å². The first-order chi connectivity index (χ1) is 33.6. The lowest BCUT2D eigenvalue weighted by molar-refractivity contribution is 0.415. The maximum atomic E-state index is 5.45. The lowest BCUT2D eigenvalue weighted by Gasteiger charge is -2.28. The normalized spacial score (nSPS) is 12.0. The molecule has 1 aromatic heterocycles. The Morgan fingerprint density at radius 3 is 1.61 bits per heavy atom. The van der Waals surface area contributed by atoms with Crippen LogP contribution in [-0.2, 0) is 0 Å². The van der Waals surface area contributed by atoms with E-state index in [1.54, 1.807) is 7.11 Å². The fourth-order valence-electron chi connectivity index (χ4n) is 9.43. The number of halogens is 1. The first-order valence-corrected chi connectivity index (χ1v) is 23.7. The van der Waals surface area contributed by atoms with Crippen molar-refractivity contribution in [1.29, 1.82) is 0 Å². The first kappa shape index (κ1) is 46.0. The lowest BCUT2D eigenvalue weighted by atomic mass is 9.88. The Morgan fingerprint density at radius 1 is 0.507 bits per heavy atom. The molecule has 1 atom stereocenters. The summed E-state index contributed by atoms with van der Waals surface area (Å²) in [4.78, 5) is 2.40. The molecule has 0 fully saturated rings. The number of hydrogen-bond acceptors (Lipinski definition) is 3. The number of nitrogens with one attached hydrogen (secondary N) is 1. The van der Waals surface area contributed by atoms with E-state index in [0.29, 0.717) is 0 Å². The van der Waals surface area contributed by atoms with E-state index in [4.69, 9.17) is 4.74 Å². The second-order valence-corrected chi connectivity index (χ2v) is 17.6. The highest BCUT2D eigenvalue weighted by Gasteiger charge is 2.33. The van der Waals surface area contributed by atoms with Crippen LogP contribution in [0, 0.1) is 6.92 Å². The van der Waals surface area contributed by atoms with Crippen LogP contribution in [0.2, 0.25) is 0 Å². The van der Waals surface area contributed by atoms with Crippen LogP contribution in [0.5, 0.6) is 5.75 Å². The Kier molecular flexibility index (Phi) is 14.2. The maximum Gasteiger partial charge on any atom is 0.122 e. The van der Waals surface area contributed by atoms with Crippen LogP contribution in [0.4, 0.5) is 28.4 Å². The molecule has 0 radical (unpaired) electrons. The lowest BCUT2D eigenvalue weighted by Crippen LogP contribution is -2.12. The molecule has 0 aliphatic heterocycles. The van der Waals surface area contributed by atoms with Crippen molar-refractivity contribution in [2.24, 2.45) is 0 Å². The van der Waals surface area contributed by atoms with Gasteiger partial charge in [-0.2, -0.15) is 0 Å². The van der Waals surface area contributed by atoms with Gasteiger partial charge in [-0.3, -0.25) is 0 Å². The van der Waals surface area contributed by atoms with E-state index < -0.39 is 0 Å². The highest BCUT2D eigenvalue weighted by Crippen LogP contribution is 2.54. The van der Waals surface area contributed by atoms with Gasteiger partial charge in [0.2, 0.25) is 0 Å². The predicted molar refractivity (Wildman–Crippen MR) is 297 cm³/mol. The zero-order valence-electron chi connectivity index (χ0n) is 38.0. The molecule has 12 rings (SSSR count). The van der Waals surface area contributed by atoms with Crippen molar-refractivity contribution >= 4 is 66.2 Å². The van der Waals surface area contributed by atoms with E-state index in [2.05, 4.69) is 220 Å². The standard InChI is InChI=1S/C32H25N.C19H14BrNO.C12H11N.CH4/c1-23-21-29-31(24-13-5-2-6-14-24)27-19-11-12-20-28(27)32(29)30(22-23)33(25-15-7-3-8-16-25)26-17-9-4-10-18-26;1-22-14-11-16(20)19-15-9-5-6-10-17(15)21(18(19)12-14)13-7-3-2-4-8-13;1-3-7-11(8-4-1)13-12-9-5-2-6-10-12;/h2-22,31H,1H3;2-12H,1H3;1-10,13H;1H4.